The summed E-state index contributed by atoms with van der Waals surface area (Å²) < 4.78 is 6.51. The van der Waals surface area contributed by atoms with Crippen molar-refractivity contribution in [3.8, 4) is 17.1 Å². The van der Waals surface area contributed by atoms with Crippen molar-refractivity contribution >= 4 is 35.0 Å². The number of nitrogens with one attached hydrogen (secondary N) is 1. The van der Waals surface area contributed by atoms with Gasteiger partial charge < -0.3 is 15.9 Å². The van der Waals surface area contributed by atoms with Gasteiger partial charge in [-0.25, -0.2) is 4.68 Å². The van der Waals surface area contributed by atoms with Crippen LogP contribution in [0.2, 0.25) is 5.02 Å². The first-order valence-corrected chi connectivity index (χ1v) is 9.38. The van der Waals surface area contributed by atoms with Crippen LogP contribution in [0.25, 0.3) is 11.4 Å². The predicted molar refractivity (Wildman–Crippen MR) is 108 cm³/mol. The van der Waals surface area contributed by atoms with Crippen LogP contribution in [0.1, 0.15) is 5.56 Å². The van der Waals surface area contributed by atoms with Crippen LogP contribution in [0.3, 0.4) is 0 Å². The first kappa shape index (κ1) is 19.1. The molecule has 7 nitrogen and oxygen atoms in total. The molecule has 27 heavy (non-hydrogen) atoms. The average Bonchev–Trinajstić information content (AvgIpc) is 3.03. The molecule has 0 atom stereocenters. The van der Waals surface area contributed by atoms with E-state index in [4.69, 9.17) is 22.2 Å². The van der Waals surface area contributed by atoms with Crippen LogP contribution in [-0.4, -0.2) is 33.6 Å². The number of hydrogen-bond acceptors (Lipinski definition) is 6. The molecule has 0 radical (unpaired) electrons. The van der Waals surface area contributed by atoms with E-state index in [1.54, 1.807) is 25.3 Å². The predicted octanol–water partition coefficient (Wildman–Crippen LogP) is 3.36. The van der Waals surface area contributed by atoms with Crippen molar-refractivity contribution in [3.05, 3.63) is 53.1 Å². The second-order valence-electron chi connectivity index (χ2n) is 5.70. The van der Waals surface area contributed by atoms with Gasteiger partial charge in [0.05, 0.1) is 12.9 Å². The van der Waals surface area contributed by atoms with Crippen LogP contribution < -0.4 is 15.9 Å². The maximum atomic E-state index is 12.2. The molecule has 3 aromatic rings. The van der Waals surface area contributed by atoms with E-state index in [1.165, 1.54) is 16.4 Å². The van der Waals surface area contributed by atoms with Crippen LogP contribution in [0.5, 0.6) is 5.75 Å². The van der Waals surface area contributed by atoms with Crippen LogP contribution in [-0.2, 0) is 4.79 Å². The molecule has 0 aliphatic rings. The Morgan fingerprint density at radius 3 is 2.67 bits per heavy atom. The largest absolute Gasteiger partial charge is 0.497 e. The number of methoxy groups -OCH3 is 1. The van der Waals surface area contributed by atoms with Crippen LogP contribution in [0.4, 0.5) is 5.69 Å². The number of ether oxygens (including phenoxy) is 1. The van der Waals surface area contributed by atoms with Gasteiger partial charge in [-0.1, -0.05) is 23.4 Å². The van der Waals surface area contributed by atoms with Gasteiger partial charge in [-0.15, -0.1) is 10.2 Å². The zero-order valence-electron chi connectivity index (χ0n) is 14.8. The van der Waals surface area contributed by atoms with E-state index in [-0.39, 0.29) is 11.7 Å². The Bertz CT molecular complexity index is 959. The highest BCUT2D eigenvalue weighted by Crippen LogP contribution is 2.24. The van der Waals surface area contributed by atoms with Gasteiger partial charge in [0, 0.05) is 16.3 Å². The number of amides is 1. The topological polar surface area (TPSA) is 95.1 Å². The second-order valence-corrected chi connectivity index (χ2v) is 7.08. The van der Waals surface area contributed by atoms with Gasteiger partial charge in [-0.3, -0.25) is 4.79 Å². The maximum absolute atomic E-state index is 12.2. The molecule has 0 unspecified atom stereocenters. The Morgan fingerprint density at radius 2 is 2.00 bits per heavy atom. The third-order valence-electron chi connectivity index (χ3n) is 3.81. The molecule has 1 aromatic heterocycles. The van der Waals surface area contributed by atoms with Gasteiger partial charge in [0.1, 0.15) is 5.75 Å². The Morgan fingerprint density at radius 1 is 1.26 bits per heavy atom. The molecule has 1 heterocycles. The molecule has 3 rings (SSSR count). The van der Waals surface area contributed by atoms with Gasteiger partial charge in [0.15, 0.2) is 5.82 Å². The molecule has 0 aliphatic heterocycles. The summed E-state index contributed by atoms with van der Waals surface area (Å²) in [6, 6.07) is 12.6. The smallest absolute Gasteiger partial charge is 0.234 e. The fourth-order valence-corrected chi connectivity index (χ4v) is 3.28. The molecule has 0 saturated carbocycles. The molecular weight excluding hydrogens is 386 g/mol. The van der Waals surface area contributed by atoms with Crippen molar-refractivity contribution in [3.63, 3.8) is 0 Å². The minimum absolute atomic E-state index is 0.153. The number of hydrogen-bond donors (Lipinski definition) is 2. The summed E-state index contributed by atoms with van der Waals surface area (Å²) in [7, 11) is 1.60. The van der Waals surface area contributed by atoms with Gasteiger partial charge in [0.2, 0.25) is 11.1 Å². The standard InChI is InChI=1S/C18H18ClN5O2S/c1-11-9-13(19)5-8-15(11)21-16(25)10-27-18-23-22-17(24(18)20)12-3-6-14(26-2)7-4-12/h3-9H,10,20H2,1-2H3,(H,21,25). The number of anilines is 1. The van der Waals surface area contributed by atoms with E-state index in [2.05, 4.69) is 15.5 Å². The molecule has 0 saturated heterocycles. The van der Waals surface area contributed by atoms with Crippen molar-refractivity contribution in [2.45, 2.75) is 12.1 Å². The highest BCUT2D eigenvalue weighted by molar-refractivity contribution is 7.99. The van der Waals surface area contributed by atoms with E-state index in [9.17, 15) is 4.79 Å². The van der Waals surface area contributed by atoms with E-state index < -0.39 is 0 Å². The van der Waals surface area contributed by atoms with E-state index in [0.717, 1.165) is 22.6 Å². The highest BCUT2D eigenvalue weighted by atomic mass is 35.5. The minimum atomic E-state index is -0.167. The number of thioether (sulfide) groups is 1. The monoisotopic (exact) mass is 403 g/mol. The number of benzene rings is 2. The number of aryl methyl sites for hydroxylation is 1. The lowest BCUT2D eigenvalue weighted by molar-refractivity contribution is -0.113. The quantitative estimate of drug-likeness (QED) is 0.484. The first-order chi connectivity index (χ1) is 13.0. The molecule has 0 fully saturated rings. The molecule has 1 amide bonds. The summed E-state index contributed by atoms with van der Waals surface area (Å²) in [5.74, 6) is 7.31. The molecule has 0 aliphatic carbocycles. The summed E-state index contributed by atoms with van der Waals surface area (Å²) in [6.07, 6.45) is 0. The van der Waals surface area contributed by atoms with Crippen molar-refractivity contribution in [2.75, 3.05) is 24.0 Å². The molecule has 0 spiro atoms. The summed E-state index contributed by atoms with van der Waals surface area (Å²) in [5.41, 5.74) is 2.42. The lowest BCUT2D eigenvalue weighted by Crippen LogP contribution is -2.17. The average molecular weight is 404 g/mol. The van der Waals surface area contributed by atoms with Gasteiger partial charge >= 0.3 is 0 Å². The second kappa shape index (κ2) is 8.32. The molecule has 2 aromatic carbocycles. The van der Waals surface area contributed by atoms with Crippen molar-refractivity contribution in [2.24, 2.45) is 0 Å². The van der Waals surface area contributed by atoms with Crippen molar-refractivity contribution in [1.29, 1.82) is 0 Å². The number of rotatable bonds is 6. The third-order valence-corrected chi connectivity index (χ3v) is 4.99. The summed E-state index contributed by atoms with van der Waals surface area (Å²) in [6.45, 7) is 1.88. The number of carbonyl (C=O) groups is 1. The fraction of sp³-hybridized carbons (Fsp3) is 0.167. The summed E-state index contributed by atoms with van der Waals surface area (Å²) in [5, 5.41) is 12.1. The van der Waals surface area contributed by atoms with Gasteiger partial charge in [-0.2, -0.15) is 0 Å². The Kier molecular flexibility index (Phi) is 5.88. The number of nitrogen functional groups attached to an aromatic ring is 1. The van der Waals surface area contributed by atoms with Crippen molar-refractivity contribution in [1.82, 2.24) is 14.9 Å². The van der Waals surface area contributed by atoms with E-state index in [1.807, 2.05) is 31.2 Å². The van der Waals surface area contributed by atoms with E-state index in [0.29, 0.717) is 16.0 Å². The molecule has 3 N–H and O–H groups in total. The maximum Gasteiger partial charge on any atom is 0.234 e. The minimum Gasteiger partial charge on any atom is -0.497 e. The molecule has 9 heteroatoms. The zero-order chi connectivity index (χ0) is 19.4. The number of aromatic nitrogens is 3. The Labute approximate surface area is 165 Å². The molecule has 0 bridgehead atoms. The van der Waals surface area contributed by atoms with Crippen molar-refractivity contribution < 1.29 is 9.53 Å². The first-order valence-electron chi connectivity index (χ1n) is 8.01. The highest BCUT2D eigenvalue weighted by Gasteiger charge is 2.14. The molecular formula is C18H18ClN5O2S. The van der Waals surface area contributed by atoms with Crippen LogP contribution >= 0.6 is 23.4 Å². The summed E-state index contributed by atoms with van der Waals surface area (Å²) in [4.78, 5) is 12.2. The number of carbonyl (C=O) groups excluding carboxylic acids is 1. The van der Waals surface area contributed by atoms with Gasteiger partial charge in [0.25, 0.3) is 0 Å². The Balaban J connectivity index is 1.64. The number of nitrogens with two attached hydrogens (primary N) is 1. The van der Waals surface area contributed by atoms with E-state index >= 15 is 0 Å². The van der Waals surface area contributed by atoms with Crippen LogP contribution in [0.15, 0.2) is 47.6 Å². The van der Waals surface area contributed by atoms with Crippen LogP contribution in [0, 0.1) is 6.92 Å². The normalized spacial score (nSPS) is 10.6. The third kappa shape index (κ3) is 4.53. The number of halogens is 1. The summed E-state index contributed by atoms with van der Waals surface area (Å²) >= 11 is 7.13. The fourth-order valence-electron chi connectivity index (χ4n) is 2.40. The SMILES string of the molecule is COc1ccc(-c2nnc(SCC(=O)Nc3ccc(Cl)cc3C)n2N)cc1. The zero-order valence-corrected chi connectivity index (χ0v) is 16.3. The lowest BCUT2D eigenvalue weighted by atomic mass is 10.2. The lowest BCUT2D eigenvalue weighted by Gasteiger charge is -2.08. The Hall–Kier alpha value is -2.71. The molecule has 140 valence electrons. The number of nitrogens with zero attached hydrogens (tertiary/aromatic N) is 3. The van der Waals surface area contributed by atoms with Gasteiger partial charge in [-0.05, 0) is 55.0 Å².